The predicted molar refractivity (Wildman–Crippen MR) is 338 cm³/mol. The minimum atomic E-state index is -1.61. The summed E-state index contributed by atoms with van der Waals surface area (Å²) in [6.07, 6.45) is 58.3. The lowest BCUT2D eigenvalue weighted by Gasteiger charge is -2.41. The van der Waals surface area contributed by atoms with Crippen LogP contribution in [0.1, 0.15) is 361 Å². The third-order valence-corrected chi connectivity index (χ3v) is 17.2. The zero-order chi connectivity index (χ0) is 58.9. The molecule has 0 aromatic carbocycles. The summed E-state index contributed by atoms with van der Waals surface area (Å²) in [5, 5.41) is 57.2. The number of hydrogen-bond acceptors (Lipinski definition) is 10. The molecule has 8 atom stereocenters. The lowest BCUT2D eigenvalue weighted by Crippen LogP contribution is -2.61. The van der Waals surface area contributed by atoms with Crippen molar-refractivity contribution in [3.63, 3.8) is 0 Å². The molecule has 1 heterocycles. The molecule has 480 valence electrons. The molecule has 1 fully saturated rings. The topological polar surface area (TPSA) is 175 Å². The van der Waals surface area contributed by atoms with Gasteiger partial charge in [0.2, 0.25) is 5.91 Å². The van der Waals surface area contributed by atoms with Gasteiger partial charge in [-0.1, -0.05) is 341 Å². The van der Waals surface area contributed by atoms with Gasteiger partial charge < -0.3 is 45.1 Å². The Morgan fingerprint density at radius 1 is 0.469 bits per heavy atom. The molecule has 11 nitrogen and oxygen atoms in total. The zero-order valence-electron chi connectivity index (χ0n) is 53.4. The van der Waals surface area contributed by atoms with Crippen LogP contribution in [-0.4, -0.2) is 99.6 Å². The second-order valence-corrected chi connectivity index (χ2v) is 25.0. The van der Waals surface area contributed by atoms with E-state index in [4.69, 9.17) is 14.2 Å². The van der Waals surface area contributed by atoms with Crippen LogP contribution >= 0.6 is 0 Å². The molecule has 81 heavy (non-hydrogen) atoms. The number of carbonyl (C=O) groups excluding carboxylic acids is 2. The maximum absolute atomic E-state index is 13.5. The highest BCUT2D eigenvalue weighted by atomic mass is 16.7. The number of allylic oxidation sites excluding steroid dienone is 1. The van der Waals surface area contributed by atoms with Crippen LogP contribution in [-0.2, 0) is 23.8 Å². The number of hydrogen-bond donors (Lipinski definition) is 6. The van der Waals surface area contributed by atoms with Crippen LogP contribution in [0.5, 0.6) is 0 Å². The van der Waals surface area contributed by atoms with Crippen LogP contribution in [0.3, 0.4) is 0 Å². The van der Waals surface area contributed by atoms with Gasteiger partial charge in [0, 0.05) is 6.42 Å². The van der Waals surface area contributed by atoms with Crippen molar-refractivity contribution in [2.24, 2.45) is 0 Å². The standard InChI is InChI=1S/C70H135NO10/c1-4-7-10-13-16-19-22-25-27-28-29-30-31-32-33-34-35-37-39-42-45-48-51-54-57-63(74)69(78)71-61(62(73)56-53-50-47-44-41-38-24-21-18-15-12-9-6-3)60-79-70-68(67(77)66(76)64(59-72)80-70)81-65(75)58-55-52-49-46-43-40-36-26-23-20-17-14-11-8-5-2/h53,56,61-64,66-68,70,72-74,76-77H,4-52,54-55,57-60H2,1-3H3,(H,71,78)/b56-53+. The average molecular weight is 1150 g/mol. The summed E-state index contributed by atoms with van der Waals surface area (Å²) in [6, 6.07) is -1.02. The predicted octanol–water partition coefficient (Wildman–Crippen LogP) is 17.9. The third-order valence-electron chi connectivity index (χ3n) is 17.2. The number of ether oxygens (including phenoxy) is 3. The minimum Gasteiger partial charge on any atom is -0.454 e. The van der Waals surface area contributed by atoms with E-state index in [2.05, 4.69) is 26.1 Å². The molecule has 1 aliphatic heterocycles. The number of carbonyl (C=O) groups is 2. The van der Waals surface area contributed by atoms with E-state index < -0.39 is 67.4 Å². The summed E-state index contributed by atoms with van der Waals surface area (Å²) in [6.45, 7) is 5.85. The van der Waals surface area contributed by atoms with Crippen molar-refractivity contribution in [3.05, 3.63) is 12.2 Å². The number of nitrogens with one attached hydrogen (secondary N) is 1. The monoisotopic (exact) mass is 1150 g/mol. The van der Waals surface area contributed by atoms with Gasteiger partial charge in [0.1, 0.15) is 24.4 Å². The Morgan fingerprint density at radius 3 is 1.16 bits per heavy atom. The Kier molecular flexibility index (Phi) is 56.2. The first kappa shape index (κ1) is 77.4. The van der Waals surface area contributed by atoms with Crippen LogP contribution in [0.4, 0.5) is 0 Å². The smallest absolute Gasteiger partial charge is 0.306 e. The number of rotatable bonds is 62. The fraction of sp³-hybridized carbons (Fsp3) is 0.943. The quantitative estimate of drug-likeness (QED) is 0.0195. The maximum Gasteiger partial charge on any atom is 0.306 e. The molecule has 6 N–H and O–H groups in total. The molecule has 0 radical (unpaired) electrons. The first-order valence-electron chi connectivity index (χ1n) is 35.5. The van der Waals surface area contributed by atoms with E-state index >= 15 is 0 Å². The van der Waals surface area contributed by atoms with Crippen LogP contribution in [0, 0.1) is 0 Å². The maximum atomic E-state index is 13.5. The first-order valence-corrected chi connectivity index (χ1v) is 35.5. The van der Waals surface area contributed by atoms with Gasteiger partial charge in [-0.05, 0) is 25.7 Å². The molecular weight excluding hydrogens is 1010 g/mol. The van der Waals surface area contributed by atoms with Crippen molar-refractivity contribution in [1.82, 2.24) is 5.32 Å². The van der Waals surface area contributed by atoms with Crippen molar-refractivity contribution >= 4 is 11.9 Å². The number of esters is 1. The van der Waals surface area contributed by atoms with E-state index in [1.165, 1.54) is 257 Å². The molecule has 0 saturated carbocycles. The van der Waals surface area contributed by atoms with Crippen molar-refractivity contribution in [2.45, 2.75) is 410 Å². The fourth-order valence-electron chi connectivity index (χ4n) is 11.6. The second-order valence-electron chi connectivity index (χ2n) is 25.0. The lowest BCUT2D eigenvalue weighted by molar-refractivity contribution is -0.305. The van der Waals surface area contributed by atoms with Gasteiger partial charge in [-0.2, -0.15) is 0 Å². The molecule has 11 heteroatoms. The summed E-state index contributed by atoms with van der Waals surface area (Å²) in [4.78, 5) is 26.6. The van der Waals surface area contributed by atoms with Gasteiger partial charge >= 0.3 is 5.97 Å². The molecule has 1 aliphatic rings. The third kappa shape index (κ3) is 46.3. The van der Waals surface area contributed by atoms with Gasteiger partial charge in [0.05, 0.1) is 25.4 Å². The average Bonchev–Trinajstić information content (AvgIpc) is 3.48. The molecule has 1 amide bonds. The van der Waals surface area contributed by atoms with Crippen LogP contribution in [0.2, 0.25) is 0 Å². The molecule has 1 saturated heterocycles. The van der Waals surface area contributed by atoms with E-state index in [9.17, 15) is 35.1 Å². The highest BCUT2D eigenvalue weighted by Crippen LogP contribution is 2.27. The molecule has 0 aromatic rings. The Labute approximate surface area is 499 Å². The molecular formula is C70H135NO10. The zero-order valence-corrected chi connectivity index (χ0v) is 53.4. The highest BCUT2D eigenvalue weighted by molar-refractivity contribution is 5.80. The first-order chi connectivity index (χ1) is 39.7. The van der Waals surface area contributed by atoms with E-state index in [0.717, 1.165) is 57.8 Å². The van der Waals surface area contributed by atoms with Crippen molar-refractivity contribution < 1.29 is 49.3 Å². The molecule has 0 bridgehead atoms. The van der Waals surface area contributed by atoms with Crippen LogP contribution < -0.4 is 5.32 Å². The summed E-state index contributed by atoms with van der Waals surface area (Å²) < 4.78 is 17.7. The van der Waals surface area contributed by atoms with E-state index in [0.29, 0.717) is 19.3 Å². The van der Waals surface area contributed by atoms with Gasteiger partial charge in [-0.15, -0.1) is 0 Å². The fourth-order valence-corrected chi connectivity index (χ4v) is 11.6. The van der Waals surface area contributed by atoms with E-state index in [-0.39, 0.29) is 13.0 Å². The number of aliphatic hydroxyl groups excluding tert-OH is 5. The Morgan fingerprint density at radius 2 is 0.802 bits per heavy atom. The Balaban J connectivity index is 2.56. The van der Waals surface area contributed by atoms with Crippen molar-refractivity contribution in [2.75, 3.05) is 13.2 Å². The van der Waals surface area contributed by atoms with E-state index in [1.807, 2.05) is 6.08 Å². The van der Waals surface area contributed by atoms with Gasteiger partial charge in [0.15, 0.2) is 12.4 Å². The van der Waals surface area contributed by atoms with E-state index in [1.54, 1.807) is 6.08 Å². The van der Waals surface area contributed by atoms with Gasteiger partial charge in [-0.25, -0.2) is 0 Å². The Bertz CT molecular complexity index is 1370. The normalized spacial score (nSPS) is 18.6. The molecule has 0 spiro atoms. The van der Waals surface area contributed by atoms with Crippen LogP contribution in [0.15, 0.2) is 12.2 Å². The molecule has 0 aliphatic carbocycles. The second kappa shape index (κ2) is 58.8. The summed E-state index contributed by atoms with van der Waals surface area (Å²) in [7, 11) is 0. The van der Waals surface area contributed by atoms with Gasteiger partial charge in [-0.3, -0.25) is 9.59 Å². The van der Waals surface area contributed by atoms with Crippen molar-refractivity contribution in [3.8, 4) is 0 Å². The van der Waals surface area contributed by atoms with Crippen molar-refractivity contribution in [1.29, 1.82) is 0 Å². The molecule has 0 aromatic heterocycles. The van der Waals surface area contributed by atoms with Gasteiger partial charge in [0.25, 0.3) is 0 Å². The number of aliphatic hydroxyl groups is 5. The number of unbranched alkanes of at least 4 members (excludes halogenated alkanes) is 48. The summed E-state index contributed by atoms with van der Waals surface area (Å²) in [5.41, 5.74) is 0. The largest absolute Gasteiger partial charge is 0.454 e. The lowest BCUT2D eigenvalue weighted by atomic mass is 9.99. The highest BCUT2D eigenvalue weighted by Gasteiger charge is 2.47. The Hall–Kier alpha value is -1.60. The summed E-state index contributed by atoms with van der Waals surface area (Å²) in [5.74, 6) is -1.17. The molecule has 8 unspecified atom stereocenters. The minimum absolute atomic E-state index is 0.132. The SMILES string of the molecule is CCCCCCCCCCCCC/C=C/C(O)C(COC1OC(CO)C(O)C(O)C1OC(=O)CCCCCCCCCCCCCCCCC)NC(=O)C(O)CCCCCCCCCCCCCCCCCCCCCCCCCC. The summed E-state index contributed by atoms with van der Waals surface area (Å²) >= 11 is 0. The molecule has 1 rings (SSSR count). The van der Waals surface area contributed by atoms with Crippen LogP contribution in [0.25, 0.3) is 0 Å². The number of amides is 1.